The van der Waals surface area contributed by atoms with Crippen LogP contribution in [0.25, 0.3) is 11.2 Å². The highest BCUT2D eigenvalue weighted by Crippen LogP contribution is 2.50. The van der Waals surface area contributed by atoms with Crippen LogP contribution in [-0.2, 0) is 46.5 Å². The minimum absolute atomic E-state index is 0.00710. The van der Waals surface area contributed by atoms with E-state index >= 15 is 0 Å². The summed E-state index contributed by atoms with van der Waals surface area (Å²) in [6.07, 6.45) is -8.05. The van der Waals surface area contributed by atoms with Crippen molar-refractivity contribution >= 4 is 50.3 Å². The van der Waals surface area contributed by atoms with Crippen LogP contribution in [-0.4, -0.2) is 133 Å². The normalized spacial score (nSPS) is 26.3. The number of hydrogen-bond acceptors (Lipinski definition) is 20. The van der Waals surface area contributed by atoms with Crippen molar-refractivity contribution < 1.29 is 76.5 Å². The third-order valence-corrected chi connectivity index (χ3v) is 10.3. The van der Waals surface area contributed by atoms with Crippen LogP contribution in [0.4, 0.5) is 11.6 Å². The lowest BCUT2D eigenvalue weighted by Crippen LogP contribution is -2.46. The third-order valence-electron chi connectivity index (χ3n) is 8.82. The summed E-state index contributed by atoms with van der Waals surface area (Å²) in [4.78, 5) is 83.7. The number of fused-ring (bicyclic) bond motifs is 1. The minimum Gasteiger partial charge on any atom is -0.455 e. The zero-order chi connectivity index (χ0) is 42.4. The van der Waals surface area contributed by atoms with Crippen molar-refractivity contribution in [3.63, 3.8) is 0 Å². The molecule has 2 saturated heterocycles. The second-order valence-corrected chi connectivity index (χ2v) is 15.6. The lowest BCUT2D eigenvalue weighted by atomic mass is 10.1. The number of unbranched alkanes of at least 4 members (excludes halogenated alkanes) is 1. The number of phosphoric ester groups is 2. The van der Waals surface area contributed by atoms with Crippen LogP contribution < -0.4 is 22.5 Å². The maximum atomic E-state index is 13.6. The van der Waals surface area contributed by atoms with Gasteiger partial charge in [0.05, 0.1) is 19.5 Å². The third kappa shape index (κ3) is 11.1. The fourth-order valence-electron chi connectivity index (χ4n) is 6.07. The fourth-order valence-corrected chi connectivity index (χ4v) is 7.37. The SMILES string of the molecule is C=CCCC(=O)N[C@@H](CCCCO)C(=O)O[C@H]1[C@@H](O)[C@H](n2cnc3c(N)ncnc32)O[C@@H]1COP(=O)(O)O[C@H]1[C@@H](O)[C@H](n2ccc(N)nc2=O)O[C@@H]1COP(=O)(O)O. The van der Waals surface area contributed by atoms with Crippen LogP contribution in [0.5, 0.6) is 0 Å². The van der Waals surface area contributed by atoms with E-state index in [4.69, 9.17) is 34.7 Å². The molecule has 2 fully saturated rings. The van der Waals surface area contributed by atoms with Crippen molar-refractivity contribution in [2.75, 3.05) is 31.3 Å². The molecule has 0 saturated carbocycles. The lowest BCUT2D eigenvalue weighted by molar-refractivity contribution is -0.160. The first-order chi connectivity index (χ1) is 27.4. The smallest absolute Gasteiger partial charge is 0.455 e. The number of phosphoric acid groups is 2. The summed E-state index contributed by atoms with van der Waals surface area (Å²) in [6.45, 7) is 1.37. The highest BCUT2D eigenvalue weighted by Gasteiger charge is 2.52. The molecule has 1 amide bonds. The number of aliphatic hydroxyl groups is 3. The van der Waals surface area contributed by atoms with Gasteiger partial charge >= 0.3 is 27.3 Å². The van der Waals surface area contributed by atoms with Gasteiger partial charge in [0.15, 0.2) is 30.0 Å². The Morgan fingerprint density at radius 1 is 1.00 bits per heavy atom. The Bertz CT molecular complexity index is 2080. The molecule has 2 aliphatic rings. The first-order valence-corrected chi connectivity index (χ1v) is 20.5. The predicted octanol–water partition coefficient (Wildman–Crippen LogP) is -2.10. The summed E-state index contributed by atoms with van der Waals surface area (Å²) in [5.74, 6) is -1.76. The topological polar surface area (TPSA) is 388 Å². The number of aromatic nitrogens is 6. The average molecular weight is 864 g/mol. The van der Waals surface area contributed by atoms with Crippen LogP contribution in [0.1, 0.15) is 44.6 Å². The van der Waals surface area contributed by atoms with Crippen molar-refractivity contribution in [2.24, 2.45) is 0 Å². The van der Waals surface area contributed by atoms with Gasteiger partial charge in [0.1, 0.15) is 54.2 Å². The fraction of sp³-hybridized carbons (Fsp3) is 0.567. The van der Waals surface area contributed by atoms with E-state index < -0.39 is 102 Å². The van der Waals surface area contributed by atoms with Gasteiger partial charge in [0, 0.05) is 19.2 Å². The number of carbonyl (C=O) groups excluding carboxylic acids is 2. The molecule has 0 radical (unpaired) electrons. The number of hydrogen-bond donors (Lipinski definition) is 9. The highest BCUT2D eigenvalue weighted by molar-refractivity contribution is 7.47. The van der Waals surface area contributed by atoms with Crippen LogP contribution in [0, 0.1) is 0 Å². The van der Waals surface area contributed by atoms with Gasteiger partial charge in [-0.25, -0.2) is 33.7 Å². The molecule has 0 aromatic carbocycles. The largest absolute Gasteiger partial charge is 0.472 e. The molecule has 11 N–H and O–H groups in total. The number of anilines is 2. The second kappa shape index (κ2) is 19.2. The number of nitrogens with one attached hydrogen (secondary N) is 1. The van der Waals surface area contributed by atoms with E-state index in [1.807, 2.05) is 0 Å². The number of carbonyl (C=O) groups is 2. The van der Waals surface area contributed by atoms with Crippen LogP contribution in [0.3, 0.4) is 0 Å². The summed E-state index contributed by atoms with van der Waals surface area (Å²) < 4.78 is 59.0. The molecule has 1 unspecified atom stereocenters. The van der Waals surface area contributed by atoms with Gasteiger partial charge in [-0.2, -0.15) is 4.98 Å². The first kappa shape index (κ1) is 44.8. The van der Waals surface area contributed by atoms with Crippen molar-refractivity contribution in [1.29, 1.82) is 0 Å². The van der Waals surface area contributed by atoms with E-state index in [-0.39, 0.29) is 55.1 Å². The maximum Gasteiger partial charge on any atom is 0.472 e. The molecule has 0 aliphatic carbocycles. The monoisotopic (exact) mass is 863 g/mol. The summed E-state index contributed by atoms with van der Waals surface area (Å²) in [6, 6.07) is -0.0966. The highest BCUT2D eigenvalue weighted by atomic mass is 31.2. The lowest BCUT2D eigenvalue weighted by Gasteiger charge is -2.26. The summed E-state index contributed by atoms with van der Waals surface area (Å²) in [7, 11) is -10.6. The Hall–Kier alpha value is -4.27. The number of allylic oxidation sites excluding steroid dienone is 1. The van der Waals surface area contributed by atoms with Gasteiger partial charge in [-0.3, -0.25) is 27.5 Å². The van der Waals surface area contributed by atoms with Gasteiger partial charge in [0.25, 0.3) is 0 Å². The van der Waals surface area contributed by atoms with E-state index in [1.165, 1.54) is 23.0 Å². The molecule has 0 spiro atoms. The minimum atomic E-state index is -5.40. The summed E-state index contributed by atoms with van der Waals surface area (Å²) in [5, 5.41) is 34.5. The number of rotatable bonds is 20. The molecule has 28 heteroatoms. The van der Waals surface area contributed by atoms with Gasteiger partial charge in [-0.15, -0.1) is 6.58 Å². The van der Waals surface area contributed by atoms with Crippen molar-refractivity contribution in [3.8, 4) is 0 Å². The van der Waals surface area contributed by atoms with Gasteiger partial charge in [0.2, 0.25) is 5.91 Å². The van der Waals surface area contributed by atoms with E-state index in [2.05, 4.69) is 36.4 Å². The molecule has 10 atom stereocenters. The number of amides is 1. The number of imidazole rings is 1. The van der Waals surface area contributed by atoms with E-state index in [0.717, 1.165) is 17.1 Å². The van der Waals surface area contributed by atoms with E-state index in [1.54, 1.807) is 0 Å². The van der Waals surface area contributed by atoms with Crippen molar-refractivity contribution in [1.82, 2.24) is 34.4 Å². The molecular formula is C30H43N9O17P2. The van der Waals surface area contributed by atoms with Crippen LogP contribution in [0.2, 0.25) is 0 Å². The zero-order valence-electron chi connectivity index (χ0n) is 30.4. The molecule has 0 bridgehead atoms. The Labute approximate surface area is 327 Å². The molecule has 2 aliphatic heterocycles. The molecule has 26 nitrogen and oxygen atoms in total. The number of nitrogens with two attached hydrogens (primary N) is 2. The van der Waals surface area contributed by atoms with Crippen LogP contribution >= 0.6 is 15.6 Å². The standard InChI is InChI=1S/C30H43N9O17P2/c1-2-3-7-19(41)36-15(6-4-5-10-40)29(44)55-23-16(53-28(21(23)42)39-14-35-20-25(32)33-13-34-26(20)39)12-52-58(49,50)56-24-17(11-51-57(46,47)48)54-27(22(24)43)38-9-8-18(31)37-30(38)45/h2,8-9,13-17,21-24,27-28,40,42-43H,1,3-7,10-12H2,(H,36,41)(H,49,50)(H2,31,37,45)(H2,32,33,34)(H2,46,47,48)/t15-,16+,17+,21+,22+,23+,24+,27+,28+/m0/s1. The molecule has 58 heavy (non-hydrogen) atoms. The summed E-state index contributed by atoms with van der Waals surface area (Å²) >= 11 is 0. The Morgan fingerprint density at radius 2 is 1.67 bits per heavy atom. The first-order valence-electron chi connectivity index (χ1n) is 17.4. The molecular weight excluding hydrogens is 820 g/mol. The van der Waals surface area contributed by atoms with Crippen molar-refractivity contribution in [3.05, 3.63) is 48.1 Å². The average Bonchev–Trinajstić information content (AvgIpc) is 3.82. The molecule has 3 aromatic heterocycles. The number of nitrogens with zero attached hydrogens (tertiary/aromatic N) is 6. The number of nitrogen functional groups attached to an aromatic ring is 2. The van der Waals surface area contributed by atoms with Gasteiger partial charge in [-0.05, 0) is 31.7 Å². The van der Waals surface area contributed by atoms with Crippen molar-refractivity contribution in [2.45, 2.75) is 87.2 Å². The second-order valence-electron chi connectivity index (χ2n) is 12.9. The van der Waals surface area contributed by atoms with E-state index in [0.29, 0.717) is 6.42 Å². The Kier molecular flexibility index (Phi) is 14.8. The molecule has 320 valence electrons. The molecule has 5 heterocycles. The van der Waals surface area contributed by atoms with Gasteiger partial charge < -0.3 is 61.0 Å². The maximum absolute atomic E-state index is 13.6. The van der Waals surface area contributed by atoms with Gasteiger partial charge in [-0.1, -0.05) is 6.08 Å². The quantitative estimate of drug-likeness (QED) is 0.0254. The molecule has 3 aromatic rings. The number of ether oxygens (including phenoxy) is 3. The van der Waals surface area contributed by atoms with E-state index in [9.17, 15) is 53.5 Å². The Morgan fingerprint density at radius 3 is 2.34 bits per heavy atom. The molecule has 5 rings (SSSR count). The summed E-state index contributed by atoms with van der Waals surface area (Å²) in [5.41, 5.74) is 10.6. The Balaban J connectivity index is 1.39. The predicted molar refractivity (Wildman–Crippen MR) is 193 cm³/mol. The zero-order valence-corrected chi connectivity index (χ0v) is 32.1. The van der Waals surface area contributed by atoms with Crippen LogP contribution in [0.15, 0.2) is 42.4 Å². The number of esters is 1. The number of aliphatic hydroxyl groups excluding tert-OH is 3.